The Labute approximate surface area is 271 Å². The van der Waals surface area contributed by atoms with Crippen LogP contribution in [0.1, 0.15) is 86.6 Å². The molecule has 3 aromatic rings. The van der Waals surface area contributed by atoms with Crippen LogP contribution in [0.15, 0.2) is 42.7 Å². The van der Waals surface area contributed by atoms with Gasteiger partial charge < -0.3 is 20.5 Å². The molecule has 252 valence electrons. The first-order chi connectivity index (χ1) is 21.7. The number of nitrogens with one attached hydrogen (secondary N) is 2. The highest BCUT2D eigenvalue weighted by Gasteiger charge is 2.51. The number of hydrogen-bond acceptors (Lipinski definition) is 6. The highest BCUT2D eigenvalue weighted by molar-refractivity contribution is 7.19. The summed E-state index contributed by atoms with van der Waals surface area (Å²) >= 11 is 1.37. The second kappa shape index (κ2) is 16.2. The van der Waals surface area contributed by atoms with Crippen molar-refractivity contribution in [2.75, 3.05) is 12.4 Å². The van der Waals surface area contributed by atoms with Gasteiger partial charge >= 0.3 is 6.18 Å². The van der Waals surface area contributed by atoms with Crippen LogP contribution < -0.4 is 15.4 Å². The minimum Gasteiger partial charge on any atom is -0.513 e. The molecule has 1 aromatic heterocycles. The maximum atomic E-state index is 13.7. The quantitative estimate of drug-likeness (QED) is 0.165. The highest BCUT2D eigenvalue weighted by Crippen LogP contribution is 2.49. The number of nitrogens with zero attached hydrogens (tertiary/aromatic N) is 1. The summed E-state index contributed by atoms with van der Waals surface area (Å²) in [5.74, 6) is -2.16. The lowest BCUT2D eigenvalue weighted by atomic mass is 9.83. The summed E-state index contributed by atoms with van der Waals surface area (Å²) in [6.45, 7) is 11.5. The van der Waals surface area contributed by atoms with Gasteiger partial charge in [-0.3, -0.25) is 9.59 Å². The van der Waals surface area contributed by atoms with E-state index in [1.54, 1.807) is 12.1 Å². The summed E-state index contributed by atoms with van der Waals surface area (Å²) in [7, 11) is 1.47. The van der Waals surface area contributed by atoms with E-state index in [0.29, 0.717) is 39.4 Å². The normalized spacial score (nSPS) is 19.8. The van der Waals surface area contributed by atoms with Gasteiger partial charge in [-0.1, -0.05) is 40.2 Å². The number of aliphatic hydroxyl groups excluding tert-OH is 1. The molecule has 2 saturated carbocycles. The van der Waals surface area contributed by atoms with E-state index in [1.165, 1.54) is 24.9 Å². The summed E-state index contributed by atoms with van der Waals surface area (Å²) in [6, 6.07) is 5.33. The SMILES string of the molecule is C=C(O)CCCC.CCC.COc1ccc2nc(C)sc2c1C(=O)NC1C2CC[C@H](C2)C1C(=O)Nc1ccc(F)c(C(F)(F)F)c1. The zero-order valence-electron chi connectivity index (χ0n) is 26.9. The van der Waals surface area contributed by atoms with Crippen molar-refractivity contribution in [3.8, 4) is 5.75 Å². The topological polar surface area (TPSA) is 101 Å². The molecule has 0 spiro atoms. The van der Waals surface area contributed by atoms with Crippen molar-refractivity contribution in [3.05, 3.63) is 64.6 Å². The zero-order valence-corrected chi connectivity index (χ0v) is 27.7. The van der Waals surface area contributed by atoms with Crippen LogP contribution in [-0.4, -0.2) is 35.1 Å². The number of fused-ring (bicyclic) bond motifs is 3. The molecule has 46 heavy (non-hydrogen) atoms. The fourth-order valence-corrected chi connectivity index (χ4v) is 6.95. The lowest BCUT2D eigenvalue weighted by Crippen LogP contribution is -2.48. The van der Waals surface area contributed by atoms with E-state index in [4.69, 9.17) is 9.84 Å². The van der Waals surface area contributed by atoms with Gasteiger partial charge in [0.15, 0.2) is 0 Å². The molecule has 3 unspecified atom stereocenters. The number of anilines is 1. The van der Waals surface area contributed by atoms with E-state index < -0.39 is 41.3 Å². The molecule has 4 atom stereocenters. The largest absolute Gasteiger partial charge is 0.513 e. The van der Waals surface area contributed by atoms with Gasteiger partial charge in [-0.15, -0.1) is 11.3 Å². The van der Waals surface area contributed by atoms with Gasteiger partial charge in [0.25, 0.3) is 5.91 Å². The van der Waals surface area contributed by atoms with Gasteiger partial charge in [0, 0.05) is 18.2 Å². The number of aryl methyl sites for hydroxylation is 1. The molecule has 2 aromatic carbocycles. The van der Waals surface area contributed by atoms with E-state index in [2.05, 4.69) is 43.0 Å². The molecule has 2 bridgehead atoms. The number of aromatic nitrogens is 1. The minimum absolute atomic E-state index is 0.00817. The summed E-state index contributed by atoms with van der Waals surface area (Å²) in [4.78, 5) is 31.2. The molecule has 2 aliphatic rings. The smallest absolute Gasteiger partial charge is 0.419 e. The van der Waals surface area contributed by atoms with Crippen LogP contribution in [0.5, 0.6) is 5.75 Å². The molecule has 5 rings (SSSR count). The van der Waals surface area contributed by atoms with Gasteiger partial charge in [0.2, 0.25) is 5.91 Å². The van der Waals surface area contributed by atoms with E-state index in [0.717, 1.165) is 49.6 Å². The third-order valence-electron chi connectivity index (χ3n) is 7.95. The van der Waals surface area contributed by atoms with Crippen LogP contribution in [0.3, 0.4) is 0 Å². The van der Waals surface area contributed by atoms with Gasteiger partial charge in [-0.2, -0.15) is 13.2 Å². The fourth-order valence-electron chi connectivity index (χ4n) is 6.00. The number of rotatable bonds is 8. The predicted octanol–water partition coefficient (Wildman–Crippen LogP) is 9.22. The lowest BCUT2D eigenvalue weighted by molar-refractivity contribution is -0.140. The van der Waals surface area contributed by atoms with Crippen LogP contribution in [0.25, 0.3) is 10.2 Å². The molecule has 0 radical (unpaired) electrons. The Kier molecular flexibility index (Phi) is 13.0. The number of hydrogen-bond donors (Lipinski definition) is 3. The van der Waals surface area contributed by atoms with E-state index in [-0.39, 0.29) is 17.5 Å². The maximum absolute atomic E-state index is 13.7. The van der Waals surface area contributed by atoms with Crippen LogP contribution in [0.4, 0.5) is 23.2 Å². The van der Waals surface area contributed by atoms with Crippen molar-refractivity contribution >= 4 is 39.1 Å². The highest BCUT2D eigenvalue weighted by atomic mass is 32.1. The Bertz CT molecular complexity index is 1520. The van der Waals surface area contributed by atoms with Crippen molar-refractivity contribution < 1.29 is 37.0 Å². The Morgan fingerprint density at radius 1 is 1.13 bits per heavy atom. The zero-order chi connectivity index (χ0) is 34.2. The van der Waals surface area contributed by atoms with Gasteiger partial charge in [0.05, 0.1) is 39.6 Å². The Balaban J connectivity index is 0.000000504. The van der Waals surface area contributed by atoms with Crippen molar-refractivity contribution in [1.29, 1.82) is 0 Å². The number of carbonyl (C=O) groups excluding carboxylic acids is 2. The third kappa shape index (κ3) is 8.98. The van der Waals surface area contributed by atoms with Gasteiger partial charge in [0.1, 0.15) is 17.1 Å². The fraction of sp³-hybridized carbons (Fsp3) is 0.500. The molecule has 0 saturated heterocycles. The number of methoxy groups -OCH3 is 1. The summed E-state index contributed by atoms with van der Waals surface area (Å²) in [6.07, 6.45) is 1.67. The number of halogens is 4. The first-order valence-corrected chi connectivity index (χ1v) is 16.4. The molecule has 7 nitrogen and oxygen atoms in total. The first-order valence-electron chi connectivity index (χ1n) is 15.5. The van der Waals surface area contributed by atoms with Crippen molar-refractivity contribution in [1.82, 2.24) is 10.3 Å². The number of allylic oxidation sites excluding steroid dienone is 1. The van der Waals surface area contributed by atoms with Crippen LogP contribution in [0.2, 0.25) is 0 Å². The standard InChI is InChI=1S/C25H23F4N3O3S.C6H12O.C3H8/c1-11-30-17-7-8-18(35-2)20(22(17)36-11)24(34)32-21-13-4-3-12(9-13)19(21)23(33)31-14-5-6-16(26)15(10-14)25(27,28)29;1-3-4-5-6(2)7;1-3-2/h5-8,10,12-13,19,21H,3-4,9H2,1-2H3,(H,31,33)(H,32,34);7H,2-5H2,1H3;3H2,1-2H3/t12-,13?,19?,21?;;/m1../s1. The monoisotopic (exact) mass is 665 g/mol. The molecule has 2 fully saturated rings. The number of amides is 2. The number of unbranched alkanes of at least 4 members (excludes halogenated alkanes) is 1. The summed E-state index contributed by atoms with van der Waals surface area (Å²) < 4.78 is 59.1. The predicted molar refractivity (Wildman–Crippen MR) is 174 cm³/mol. The molecular formula is C34H43F4N3O4S. The summed E-state index contributed by atoms with van der Waals surface area (Å²) in [5, 5.41) is 14.8. The number of carbonyl (C=O) groups is 2. The van der Waals surface area contributed by atoms with E-state index in [9.17, 15) is 27.2 Å². The number of aliphatic hydroxyl groups is 1. The number of thiazole rings is 1. The molecule has 0 aliphatic heterocycles. The summed E-state index contributed by atoms with van der Waals surface area (Å²) in [5.41, 5.74) is -0.579. The molecule has 1 heterocycles. The molecule has 12 heteroatoms. The van der Waals surface area contributed by atoms with E-state index >= 15 is 0 Å². The van der Waals surface area contributed by atoms with E-state index in [1.807, 2.05) is 6.92 Å². The third-order valence-corrected chi connectivity index (χ3v) is 8.95. The Hall–Kier alpha value is -3.67. The molecular weight excluding hydrogens is 622 g/mol. The van der Waals surface area contributed by atoms with Crippen LogP contribution in [-0.2, 0) is 11.0 Å². The van der Waals surface area contributed by atoms with Crippen molar-refractivity contribution in [2.24, 2.45) is 17.8 Å². The maximum Gasteiger partial charge on any atom is 0.419 e. The van der Waals surface area contributed by atoms with Crippen molar-refractivity contribution in [3.63, 3.8) is 0 Å². The number of ether oxygens (including phenoxy) is 1. The number of alkyl halides is 3. The van der Waals surface area contributed by atoms with Gasteiger partial charge in [-0.05, 0) is 74.8 Å². The second-order valence-corrected chi connectivity index (χ2v) is 12.8. The average Bonchev–Trinajstić information content (AvgIpc) is 3.70. The number of benzene rings is 2. The van der Waals surface area contributed by atoms with Crippen LogP contribution in [0, 0.1) is 30.5 Å². The Morgan fingerprint density at radius 2 is 1.80 bits per heavy atom. The average molecular weight is 666 g/mol. The lowest BCUT2D eigenvalue weighted by Gasteiger charge is -2.31. The minimum atomic E-state index is -4.89. The van der Waals surface area contributed by atoms with Crippen LogP contribution >= 0.6 is 11.3 Å². The van der Waals surface area contributed by atoms with Crippen molar-refractivity contribution in [2.45, 2.75) is 84.9 Å². The molecule has 2 amide bonds. The molecule has 3 N–H and O–H groups in total. The van der Waals surface area contributed by atoms with Gasteiger partial charge in [-0.25, -0.2) is 9.37 Å². The first kappa shape index (κ1) is 36.8. The molecule has 2 aliphatic carbocycles. The second-order valence-electron chi connectivity index (χ2n) is 11.6. The Morgan fingerprint density at radius 3 is 2.39 bits per heavy atom.